The molecule has 0 saturated carbocycles. The van der Waals surface area contributed by atoms with Gasteiger partial charge in [0.1, 0.15) is 0 Å². The lowest BCUT2D eigenvalue weighted by Crippen LogP contribution is -2.22. The molecule has 0 aliphatic heterocycles. The molecule has 0 heterocycles. The Balaban J connectivity index is 2.78. The number of allylic oxidation sites excluding steroid dienone is 2. The summed E-state index contributed by atoms with van der Waals surface area (Å²) in [6.07, 6.45) is 0. The van der Waals surface area contributed by atoms with Gasteiger partial charge in [0.15, 0.2) is 11.5 Å². The maximum Gasteiger partial charge on any atom is 0.228 e. The Kier molecular flexibility index (Phi) is 2.52. The second-order valence-electron chi connectivity index (χ2n) is 3.66. The third-order valence-electron chi connectivity index (χ3n) is 2.75. The molecule has 4 heteroatoms. The number of ketones is 2. The van der Waals surface area contributed by atoms with Crippen molar-refractivity contribution in [3.05, 3.63) is 46.2 Å². The van der Waals surface area contributed by atoms with Crippen molar-refractivity contribution >= 4 is 11.6 Å². The highest BCUT2D eigenvalue weighted by molar-refractivity contribution is 6.26. The summed E-state index contributed by atoms with van der Waals surface area (Å²) < 4.78 is 4.94. The quantitative estimate of drug-likeness (QED) is 0.734. The third-order valence-corrected chi connectivity index (χ3v) is 2.75. The first-order chi connectivity index (χ1) is 8.11. The summed E-state index contributed by atoms with van der Waals surface area (Å²) in [6.45, 7) is 1.52. The number of nitriles is 1. The van der Waals surface area contributed by atoms with E-state index in [9.17, 15) is 9.59 Å². The van der Waals surface area contributed by atoms with Crippen LogP contribution in [-0.4, -0.2) is 18.7 Å². The van der Waals surface area contributed by atoms with Crippen molar-refractivity contribution in [1.29, 1.82) is 5.26 Å². The van der Waals surface area contributed by atoms with Gasteiger partial charge in [-0.15, -0.1) is 0 Å². The smallest absolute Gasteiger partial charge is 0.228 e. The Morgan fingerprint density at radius 1 is 1.24 bits per heavy atom. The molecule has 1 aromatic rings. The Labute approximate surface area is 98.1 Å². The van der Waals surface area contributed by atoms with Gasteiger partial charge in [0.2, 0.25) is 5.78 Å². The predicted molar refractivity (Wildman–Crippen MR) is 59.5 cm³/mol. The molecule has 0 radical (unpaired) electrons. The van der Waals surface area contributed by atoms with Crippen molar-refractivity contribution in [2.45, 2.75) is 6.92 Å². The normalized spacial score (nSPS) is 14.4. The monoisotopic (exact) mass is 227 g/mol. The SMILES string of the molecule is COC1=C(C)C(=O)c2c(C#N)cccc2C1=O. The van der Waals surface area contributed by atoms with Crippen LogP contribution in [0.5, 0.6) is 0 Å². The van der Waals surface area contributed by atoms with Gasteiger partial charge in [-0.1, -0.05) is 12.1 Å². The molecule has 0 bridgehead atoms. The first-order valence-corrected chi connectivity index (χ1v) is 4.99. The number of nitrogens with zero attached hydrogens (tertiary/aromatic N) is 1. The Morgan fingerprint density at radius 3 is 2.53 bits per heavy atom. The maximum atomic E-state index is 12.1. The summed E-state index contributed by atoms with van der Waals surface area (Å²) in [6, 6.07) is 6.56. The molecule has 1 aromatic carbocycles. The Bertz CT molecular complexity index is 606. The molecule has 17 heavy (non-hydrogen) atoms. The van der Waals surface area contributed by atoms with Gasteiger partial charge in [0.25, 0.3) is 0 Å². The maximum absolute atomic E-state index is 12.1. The van der Waals surface area contributed by atoms with Crippen LogP contribution in [0.2, 0.25) is 0 Å². The van der Waals surface area contributed by atoms with Gasteiger partial charge in [0, 0.05) is 11.1 Å². The van der Waals surface area contributed by atoms with Crippen molar-refractivity contribution in [2.24, 2.45) is 0 Å². The van der Waals surface area contributed by atoms with E-state index in [0.717, 1.165) is 0 Å². The fraction of sp³-hybridized carbons (Fsp3) is 0.154. The number of ether oxygens (including phenoxy) is 1. The second kappa shape index (κ2) is 3.87. The van der Waals surface area contributed by atoms with E-state index >= 15 is 0 Å². The number of rotatable bonds is 1. The van der Waals surface area contributed by atoms with Gasteiger partial charge in [0.05, 0.1) is 24.3 Å². The van der Waals surface area contributed by atoms with Gasteiger partial charge in [-0.25, -0.2) is 0 Å². The molecular weight excluding hydrogens is 218 g/mol. The minimum absolute atomic E-state index is 0.0533. The molecule has 0 saturated heterocycles. The lowest BCUT2D eigenvalue weighted by Gasteiger charge is -2.18. The summed E-state index contributed by atoms with van der Waals surface area (Å²) in [7, 11) is 1.35. The van der Waals surface area contributed by atoms with Gasteiger partial charge < -0.3 is 4.74 Å². The van der Waals surface area contributed by atoms with E-state index in [-0.39, 0.29) is 39.6 Å². The van der Waals surface area contributed by atoms with E-state index in [0.29, 0.717) is 0 Å². The fourth-order valence-corrected chi connectivity index (χ4v) is 1.91. The van der Waals surface area contributed by atoms with E-state index in [1.54, 1.807) is 6.07 Å². The first-order valence-electron chi connectivity index (χ1n) is 4.99. The summed E-state index contributed by atoms with van der Waals surface area (Å²) in [5.41, 5.74) is 0.873. The minimum Gasteiger partial charge on any atom is -0.492 e. The van der Waals surface area contributed by atoms with Crippen LogP contribution in [0, 0.1) is 11.3 Å². The van der Waals surface area contributed by atoms with Crippen molar-refractivity contribution in [1.82, 2.24) is 0 Å². The Morgan fingerprint density at radius 2 is 1.94 bits per heavy atom. The second-order valence-corrected chi connectivity index (χ2v) is 3.66. The minimum atomic E-state index is -0.350. The molecule has 0 N–H and O–H groups in total. The van der Waals surface area contributed by atoms with Crippen LogP contribution in [0.15, 0.2) is 29.5 Å². The third kappa shape index (κ3) is 1.44. The molecular formula is C13H9NO3. The number of carbonyl (C=O) groups excluding carboxylic acids is 2. The van der Waals surface area contributed by atoms with E-state index in [1.165, 1.54) is 26.2 Å². The van der Waals surface area contributed by atoms with E-state index < -0.39 is 0 Å². The molecule has 2 rings (SSSR count). The number of methoxy groups -OCH3 is 1. The zero-order chi connectivity index (χ0) is 12.6. The topological polar surface area (TPSA) is 67.2 Å². The lowest BCUT2D eigenvalue weighted by atomic mass is 9.86. The number of Topliss-reactive ketones (excluding diaryl/α,β-unsaturated/α-hetero) is 2. The van der Waals surface area contributed by atoms with E-state index in [2.05, 4.69) is 0 Å². The zero-order valence-corrected chi connectivity index (χ0v) is 9.40. The average Bonchev–Trinajstić information content (AvgIpc) is 2.36. The number of hydrogen-bond acceptors (Lipinski definition) is 4. The van der Waals surface area contributed by atoms with Crippen LogP contribution < -0.4 is 0 Å². The van der Waals surface area contributed by atoms with Gasteiger partial charge in [-0.2, -0.15) is 5.26 Å². The highest BCUT2D eigenvalue weighted by atomic mass is 16.5. The molecule has 0 unspecified atom stereocenters. The molecule has 84 valence electrons. The standard InChI is InChI=1S/C13H9NO3/c1-7-11(15)10-8(6-14)4-3-5-9(10)12(16)13(7)17-2/h3-5H,1-2H3. The van der Waals surface area contributed by atoms with Gasteiger partial charge >= 0.3 is 0 Å². The highest BCUT2D eigenvalue weighted by Gasteiger charge is 2.32. The zero-order valence-electron chi connectivity index (χ0n) is 9.40. The molecule has 0 atom stereocenters. The van der Waals surface area contributed by atoms with E-state index in [4.69, 9.17) is 10.00 Å². The van der Waals surface area contributed by atoms with Crippen LogP contribution in [0.4, 0.5) is 0 Å². The molecule has 0 aromatic heterocycles. The van der Waals surface area contributed by atoms with Crippen LogP contribution in [0.3, 0.4) is 0 Å². The Hall–Kier alpha value is -2.41. The number of carbonyl (C=O) groups is 2. The van der Waals surface area contributed by atoms with Crippen molar-refractivity contribution in [2.75, 3.05) is 7.11 Å². The van der Waals surface area contributed by atoms with Gasteiger partial charge in [-0.05, 0) is 13.0 Å². The van der Waals surface area contributed by atoms with Crippen LogP contribution in [0.25, 0.3) is 0 Å². The molecule has 4 nitrogen and oxygen atoms in total. The van der Waals surface area contributed by atoms with Crippen molar-refractivity contribution < 1.29 is 14.3 Å². The van der Waals surface area contributed by atoms with E-state index in [1.807, 2.05) is 6.07 Å². The number of benzene rings is 1. The van der Waals surface area contributed by atoms with Gasteiger partial charge in [-0.3, -0.25) is 9.59 Å². The van der Waals surface area contributed by atoms with Crippen LogP contribution in [0.1, 0.15) is 33.2 Å². The first kappa shape index (κ1) is 11.1. The summed E-state index contributed by atoms with van der Waals surface area (Å²) in [4.78, 5) is 24.1. The number of hydrogen-bond donors (Lipinski definition) is 0. The molecule has 0 amide bonds. The largest absolute Gasteiger partial charge is 0.492 e. The summed E-state index contributed by atoms with van der Waals surface area (Å²) in [5, 5.41) is 8.95. The summed E-state index contributed by atoms with van der Waals surface area (Å²) >= 11 is 0. The predicted octanol–water partition coefficient (Wildman–Crippen LogP) is 1.86. The molecule has 1 aliphatic rings. The van der Waals surface area contributed by atoms with Crippen molar-refractivity contribution in [3.8, 4) is 6.07 Å². The highest BCUT2D eigenvalue weighted by Crippen LogP contribution is 2.28. The molecule has 0 spiro atoms. The van der Waals surface area contributed by atoms with Crippen molar-refractivity contribution in [3.63, 3.8) is 0 Å². The van der Waals surface area contributed by atoms with Crippen LogP contribution >= 0.6 is 0 Å². The number of fused-ring (bicyclic) bond motifs is 1. The fourth-order valence-electron chi connectivity index (χ4n) is 1.91. The molecule has 1 aliphatic carbocycles. The molecule has 0 fully saturated rings. The lowest BCUT2D eigenvalue weighted by molar-refractivity contribution is 0.0906. The van der Waals surface area contributed by atoms with Crippen LogP contribution in [-0.2, 0) is 4.74 Å². The average molecular weight is 227 g/mol. The summed E-state index contributed by atoms with van der Waals surface area (Å²) in [5.74, 6) is -0.622.